The van der Waals surface area contributed by atoms with E-state index in [4.69, 9.17) is 0 Å². The Morgan fingerprint density at radius 2 is 1.75 bits per heavy atom. The van der Waals surface area contributed by atoms with E-state index in [0.717, 1.165) is 31.4 Å². The third kappa shape index (κ3) is 4.89. The Morgan fingerprint density at radius 3 is 2.25 bits per heavy atom. The van der Waals surface area contributed by atoms with E-state index in [1.54, 1.807) is 0 Å². The summed E-state index contributed by atoms with van der Waals surface area (Å²) in [7, 11) is -3.20. The second-order valence-electron chi connectivity index (χ2n) is 5.86. The molecule has 2 rings (SSSR count). The molecular weight excluding hydrogens is 272 g/mol. The van der Waals surface area contributed by atoms with E-state index in [-0.39, 0.29) is 11.8 Å². The van der Waals surface area contributed by atoms with Crippen LogP contribution < -0.4 is 10.0 Å². The Balaban J connectivity index is 1.89. The SMILES string of the molecule is CC(C)NCc1ccc(CS(=O)(=O)NC2CCC2)cc1. The zero-order chi connectivity index (χ0) is 14.6. The Hall–Kier alpha value is -0.910. The van der Waals surface area contributed by atoms with Crippen molar-refractivity contribution in [2.45, 2.75) is 57.5 Å². The predicted molar refractivity (Wildman–Crippen MR) is 81.8 cm³/mol. The minimum Gasteiger partial charge on any atom is -0.310 e. The Labute approximate surface area is 122 Å². The van der Waals surface area contributed by atoms with Gasteiger partial charge in [0.1, 0.15) is 0 Å². The van der Waals surface area contributed by atoms with E-state index in [9.17, 15) is 8.42 Å². The van der Waals surface area contributed by atoms with Gasteiger partial charge in [-0.2, -0.15) is 0 Å². The highest BCUT2D eigenvalue weighted by Crippen LogP contribution is 2.19. The van der Waals surface area contributed by atoms with Crippen molar-refractivity contribution in [1.29, 1.82) is 0 Å². The molecule has 0 unspecified atom stereocenters. The van der Waals surface area contributed by atoms with E-state index in [1.165, 1.54) is 5.56 Å². The maximum Gasteiger partial charge on any atom is 0.216 e. The molecule has 1 aromatic carbocycles. The van der Waals surface area contributed by atoms with E-state index in [2.05, 4.69) is 23.9 Å². The molecule has 1 aromatic rings. The molecule has 0 heterocycles. The maximum atomic E-state index is 12.0. The van der Waals surface area contributed by atoms with E-state index in [1.807, 2.05) is 24.3 Å². The van der Waals surface area contributed by atoms with Crippen LogP contribution in [0.4, 0.5) is 0 Å². The zero-order valence-corrected chi connectivity index (χ0v) is 13.0. The maximum absolute atomic E-state index is 12.0. The van der Waals surface area contributed by atoms with Gasteiger partial charge in [-0.3, -0.25) is 0 Å². The normalized spacial score (nSPS) is 16.4. The third-order valence-electron chi connectivity index (χ3n) is 3.55. The van der Waals surface area contributed by atoms with Crippen LogP contribution in [0.15, 0.2) is 24.3 Å². The molecule has 0 amide bonds. The quantitative estimate of drug-likeness (QED) is 0.810. The van der Waals surface area contributed by atoms with E-state index < -0.39 is 10.0 Å². The van der Waals surface area contributed by atoms with Crippen molar-refractivity contribution in [3.63, 3.8) is 0 Å². The topological polar surface area (TPSA) is 58.2 Å². The number of benzene rings is 1. The lowest BCUT2D eigenvalue weighted by Gasteiger charge is -2.26. The lowest BCUT2D eigenvalue weighted by Crippen LogP contribution is -2.39. The molecule has 2 N–H and O–H groups in total. The molecule has 1 aliphatic carbocycles. The Morgan fingerprint density at radius 1 is 1.15 bits per heavy atom. The molecule has 0 atom stereocenters. The first kappa shape index (κ1) is 15.5. The lowest BCUT2D eigenvalue weighted by atomic mass is 9.94. The average Bonchev–Trinajstić information content (AvgIpc) is 2.33. The second kappa shape index (κ2) is 6.70. The molecule has 20 heavy (non-hydrogen) atoms. The van der Waals surface area contributed by atoms with Crippen LogP contribution >= 0.6 is 0 Å². The first-order valence-electron chi connectivity index (χ1n) is 7.26. The molecule has 0 radical (unpaired) electrons. The largest absolute Gasteiger partial charge is 0.310 e. The molecule has 0 spiro atoms. The van der Waals surface area contributed by atoms with Crippen LogP contribution in [0, 0.1) is 0 Å². The molecule has 0 saturated heterocycles. The van der Waals surface area contributed by atoms with E-state index in [0.29, 0.717) is 6.04 Å². The summed E-state index contributed by atoms with van der Waals surface area (Å²) in [5.41, 5.74) is 2.01. The molecule has 1 aliphatic rings. The first-order valence-corrected chi connectivity index (χ1v) is 8.91. The van der Waals surface area contributed by atoms with Crippen LogP contribution in [0.25, 0.3) is 0 Å². The fourth-order valence-corrected chi connectivity index (χ4v) is 3.57. The molecule has 4 nitrogen and oxygen atoms in total. The summed E-state index contributed by atoms with van der Waals surface area (Å²) in [5, 5.41) is 3.34. The molecular formula is C15H24N2O2S. The van der Waals surface area contributed by atoms with Crippen molar-refractivity contribution in [3.8, 4) is 0 Å². The summed E-state index contributed by atoms with van der Waals surface area (Å²) in [6, 6.07) is 8.39. The van der Waals surface area contributed by atoms with Crippen LogP contribution in [-0.4, -0.2) is 20.5 Å². The van der Waals surface area contributed by atoms with Crippen LogP contribution in [0.2, 0.25) is 0 Å². The summed E-state index contributed by atoms with van der Waals surface area (Å²) in [6.07, 6.45) is 3.07. The molecule has 0 aromatic heterocycles. The molecule has 1 fully saturated rings. The molecule has 112 valence electrons. The molecule has 5 heteroatoms. The Bertz CT molecular complexity index is 519. The fourth-order valence-electron chi connectivity index (χ4n) is 2.12. The van der Waals surface area contributed by atoms with Gasteiger partial charge in [0.05, 0.1) is 5.75 Å². The zero-order valence-electron chi connectivity index (χ0n) is 12.2. The van der Waals surface area contributed by atoms with Gasteiger partial charge in [-0.1, -0.05) is 44.5 Å². The molecule has 0 aliphatic heterocycles. The summed E-state index contributed by atoms with van der Waals surface area (Å²) in [4.78, 5) is 0. The van der Waals surface area contributed by atoms with Gasteiger partial charge in [0.25, 0.3) is 0 Å². The van der Waals surface area contributed by atoms with Crippen LogP contribution in [0.1, 0.15) is 44.2 Å². The van der Waals surface area contributed by atoms with Gasteiger partial charge in [-0.05, 0) is 24.0 Å². The number of nitrogens with one attached hydrogen (secondary N) is 2. The van der Waals surface area contributed by atoms with Crippen LogP contribution in [-0.2, 0) is 22.3 Å². The van der Waals surface area contributed by atoms with Gasteiger partial charge in [-0.25, -0.2) is 13.1 Å². The van der Waals surface area contributed by atoms with Crippen LogP contribution in [0.3, 0.4) is 0 Å². The van der Waals surface area contributed by atoms with Gasteiger partial charge in [-0.15, -0.1) is 0 Å². The first-order chi connectivity index (χ1) is 9.44. The van der Waals surface area contributed by atoms with Crippen molar-refractivity contribution in [2.24, 2.45) is 0 Å². The van der Waals surface area contributed by atoms with Crippen molar-refractivity contribution in [2.75, 3.05) is 0 Å². The van der Waals surface area contributed by atoms with Gasteiger partial charge in [0.15, 0.2) is 0 Å². The highest BCUT2D eigenvalue weighted by Gasteiger charge is 2.23. The number of sulfonamides is 1. The van der Waals surface area contributed by atoms with Gasteiger partial charge < -0.3 is 5.32 Å². The van der Waals surface area contributed by atoms with Gasteiger partial charge >= 0.3 is 0 Å². The van der Waals surface area contributed by atoms with Gasteiger partial charge in [0.2, 0.25) is 10.0 Å². The fraction of sp³-hybridized carbons (Fsp3) is 0.600. The standard InChI is InChI=1S/C15H24N2O2S/c1-12(2)16-10-13-6-8-14(9-7-13)11-20(18,19)17-15-4-3-5-15/h6-9,12,15-17H,3-5,10-11H2,1-2H3. The third-order valence-corrected chi connectivity index (χ3v) is 4.95. The minimum atomic E-state index is -3.20. The summed E-state index contributed by atoms with van der Waals surface area (Å²) in [5.74, 6) is 0.0708. The molecule has 1 saturated carbocycles. The lowest BCUT2D eigenvalue weighted by molar-refractivity contribution is 0.383. The number of rotatable bonds is 7. The number of hydrogen-bond acceptors (Lipinski definition) is 3. The summed E-state index contributed by atoms with van der Waals surface area (Å²) >= 11 is 0. The van der Waals surface area contributed by atoms with E-state index >= 15 is 0 Å². The Kier molecular flexibility index (Phi) is 5.18. The minimum absolute atomic E-state index is 0.0708. The predicted octanol–water partition coefficient (Wildman–Crippen LogP) is 2.16. The molecule has 0 bridgehead atoms. The monoisotopic (exact) mass is 296 g/mol. The summed E-state index contributed by atoms with van der Waals surface area (Å²) < 4.78 is 26.7. The smallest absolute Gasteiger partial charge is 0.216 e. The average molecular weight is 296 g/mol. The van der Waals surface area contributed by atoms with Crippen molar-refractivity contribution in [1.82, 2.24) is 10.0 Å². The van der Waals surface area contributed by atoms with Crippen molar-refractivity contribution < 1.29 is 8.42 Å². The van der Waals surface area contributed by atoms with Crippen molar-refractivity contribution >= 4 is 10.0 Å². The second-order valence-corrected chi connectivity index (χ2v) is 7.61. The van der Waals surface area contributed by atoms with Crippen LogP contribution in [0.5, 0.6) is 0 Å². The van der Waals surface area contributed by atoms with Crippen molar-refractivity contribution in [3.05, 3.63) is 35.4 Å². The highest BCUT2D eigenvalue weighted by atomic mass is 32.2. The van der Waals surface area contributed by atoms with Gasteiger partial charge in [0, 0.05) is 18.6 Å². The highest BCUT2D eigenvalue weighted by molar-refractivity contribution is 7.88. The number of hydrogen-bond donors (Lipinski definition) is 2. The summed E-state index contributed by atoms with van der Waals surface area (Å²) in [6.45, 7) is 5.02.